The molecule has 0 spiro atoms. The molecule has 1 aliphatic carbocycles. The highest BCUT2D eigenvalue weighted by molar-refractivity contribution is 6.45. The third-order valence-corrected chi connectivity index (χ3v) is 5.79. The summed E-state index contributed by atoms with van der Waals surface area (Å²) in [5.74, 6) is -1.09. The minimum Gasteiger partial charge on any atom is -0.494 e. The molecule has 0 atom stereocenters. The van der Waals surface area contributed by atoms with Gasteiger partial charge in [-0.05, 0) is 13.8 Å². The van der Waals surface area contributed by atoms with Crippen LogP contribution in [0.2, 0.25) is 0 Å². The maximum atomic E-state index is 13.2. The molecule has 3 rings (SSSR count). The van der Waals surface area contributed by atoms with Crippen molar-refractivity contribution in [3.63, 3.8) is 0 Å². The lowest BCUT2D eigenvalue weighted by molar-refractivity contribution is -0.134. The Balaban J connectivity index is 1.75. The SMILES string of the molecule is CCN(CCN(C)C(=O)C(=O)c1c[nH]c2c(N/C=N\C(C)=N)ncc(OC)c12)C(=O)C1C=CC=CC=C1. The second kappa shape index (κ2) is 12.4. The largest absolute Gasteiger partial charge is 0.494 e. The summed E-state index contributed by atoms with van der Waals surface area (Å²) in [6.45, 7) is 4.36. The normalized spacial score (nSPS) is 13.1. The van der Waals surface area contributed by atoms with Crippen LogP contribution in [0.5, 0.6) is 5.75 Å². The van der Waals surface area contributed by atoms with Crippen molar-refractivity contribution in [3.05, 3.63) is 54.4 Å². The summed E-state index contributed by atoms with van der Waals surface area (Å²) in [6, 6.07) is 0. The van der Waals surface area contributed by atoms with Gasteiger partial charge in [0.2, 0.25) is 5.91 Å². The van der Waals surface area contributed by atoms with Gasteiger partial charge in [0.05, 0.1) is 42.0 Å². The fourth-order valence-corrected chi connectivity index (χ4v) is 3.77. The number of hydrogen-bond donors (Lipinski definition) is 3. The average Bonchev–Trinajstić information content (AvgIpc) is 3.15. The molecule has 194 valence electrons. The summed E-state index contributed by atoms with van der Waals surface area (Å²) in [4.78, 5) is 53.2. The number of aliphatic imine (C=N–C) groups is 1. The molecule has 2 aromatic heterocycles. The lowest BCUT2D eigenvalue weighted by Gasteiger charge is -2.26. The maximum Gasteiger partial charge on any atom is 0.294 e. The van der Waals surface area contributed by atoms with E-state index < -0.39 is 11.7 Å². The van der Waals surface area contributed by atoms with Gasteiger partial charge in [-0.1, -0.05) is 36.5 Å². The van der Waals surface area contributed by atoms with Crippen LogP contribution in [0, 0.1) is 11.3 Å². The van der Waals surface area contributed by atoms with E-state index in [1.165, 1.54) is 44.7 Å². The number of ketones is 1. The predicted octanol–water partition coefficient (Wildman–Crippen LogP) is 2.80. The van der Waals surface area contributed by atoms with Gasteiger partial charge in [0.15, 0.2) is 5.82 Å². The van der Waals surface area contributed by atoms with E-state index in [0.29, 0.717) is 29.0 Å². The number of rotatable bonds is 10. The molecule has 0 aromatic carbocycles. The monoisotopic (exact) mass is 505 g/mol. The number of ether oxygens (including phenoxy) is 1. The fourth-order valence-electron chi connectivity index (χ4n) is 3.77. The molecule has 0 fully saturated rings. The predicted molar refractivity (Wildman–Crippen MR) is 143 cm³/mol. The number of nitrogens with zero attached hydrogens (tertiary/aromatic N) is 4. The Morgan fingerprint density at radius 1 is 1.22 bits per heavy atom. The number of carbonyl (C=O) groups excluding carboxylic acids is 3. The van der Waals surface area contributed by atoms with Crippen LogP contribution in [0.3, 0.4) is 0 Å². The van der Waals surface area contributed by atoms with Gasteiger partial charge in [0.1, 0.15) is 11.6 Å². The number of amides is 2. The summed E-state index contributed by atoms with van der Waals surface area (Å²) < 4.78 is 5.39. The molecule has 2 heterocycles. The van der Waals surface area contributed by atoms with Crippen molar-refractivity contribution >= 4 is 46.5 Å². The number of H-pyrrole nitrogens is 1. The number of fused-ring (bicyclic) bond motifs is 1. The summed E-state index contributed by atoms with van der Waals surface area (Å²) in [7, 11) is 2.98. The molecule has 1 aliphatic rings. The molecule has 37 heavy (non-hydrogen) atoms. The van der Waals surface area contributed by atoms with Crippen LogP contribution in [0.25, 0.3) is 10.9 Å². The third kappa shape index (κ3) is 6.37. The number of hydrogen-bond acceptors (Lipinski definition) is 6. The summed E-state index contributed by atoms with van der Waals surface area (Å²) in [6.07, 6.45) is 15.2. The zero-order chi connectivity index (χ0) is 26.9. The van der Waals surface area contributed by atoms with Crippen LogP contribution in [0.1, 0.15) is 24.2 Å². The van der Waals surface area contributed by atoms with Gasteiger partial charge in [-0.3, -0.25) is 19.8 Å². The molecule has 11 nitrogen and oxygen atoms in total. The van der Waals surface area contributed by atoms with Crippen molar-refractivity contribution in [2.75, 3.05) is 39.1 Å². The Morgan fingerprint density at radius 2 is 1.92 bits per heavy atom. The van der Waals surface area contributed by atoms with Crippen molar-refractivity contribution in [3.8, 4) is 5.75 Å². The minimum absolute atomic E-state index is 0.0680. The summed E-state index contributed by atoms with van der Waals surface area (Å²) in [5, 5.41) is 10.7. The topological polar surface area (TPSA) is 144 Å². The van der Waals surface area contributed by atoms with Crippen LogP contribution >= 0.6 is 0 Å². The van der Waals surface area contributed by atoms with Gasteiger partial charge >= 0.3 is 0 Å². The van der Waals surface area contributed by atoms with E-state index in [9.17, 15) is 14.4 Å². The van der Waals surface area contributed by atoms with E-state index in [0.717, 1.165) is 0 Å². The molecule has 2 aromatic rings. The molecular formula is C26H31N7O4. The van der Waals surface area contributed by atoms with E-state index in [4.69, 9.17) is 10.1 Å². The number of allylic oxidation sites excluding steroid dienone is 4. The Bertz CT molecular complexity index is 1290. The highest BCUT2D eigenvalue weighted by Gasteiger charge is 2.27. The molecule has 0 saturated carbocycles. The molecule has 0 unspecified atom stereocenters. The molecular weight excluding hydrogens is 474 g/mol. The number of carbonyl (C=O) groups is 3. The van der Waals surface area contributed by atoms with Crippen molar-refractivity contribution < 1.29 is 19.1 Å². The molecule has 3 N–H and O–H groups in total. The Morgan fingerprint density at radius 3 is 2.54 bits per heavy atom. The van der Waals surface area contributed by atoms with Crippen molar-refractivity contribution in [2.24, 2.45) is 10.9 Å². The lowest BCUT2D eigenvalue weighted by atomic mass is 10.1. The lowest BCUT2D eigenvalue weighted by Crippen LogP contribution is -2.43. The van der Waals surface area contributed by atoms with Crippen molar-refractivity contribution in [2.45, 2.75) is 13.8 Å². The first-order valence-corrected chi connectivity index (χ1v) is 11.8. The molecule has 0 saturated heterocycles. The standard InChI is InChI=1S/C26H31N7O4/c1-5-33(25(35)18-10-8-6-7-9-11-18)13-12-32(3)26(36)23(34)19-14-28-22-21(19)20(37-4)15-29-24(22)31-16-30-17(2)27/h6-11,14-16,18,28H,5,12-13H2,1-4H3,(H2,27,29,30,31). The van der Waals surface area contributed by atoms with Gasteiger partial charge in [0, 0.05) is 32.9 Å². The number of amidine groups is 1. The zero-order valence-electron chi connectivity index (χ0n) is 21.3. The van der Waals surface area contributed by atoms with E-state index in [1.54, 1.807) is 4.90 Å². The number of likely N-dealkylation sites (N-methyl/N-ethyl adjacent to an activating group) is 2. The van der Waals surface area contributed by atoms with Crippen LogP contribution in [-0.2, 0) is 9.59 Å². The number of aromatic nitrogens is 2. The van der Waals surface area contributed by atoms with Crippen LogP contribution in [0.4, 0.5) is 5.82 Å². The average molecular weight is 506 g/mol. The Kier molecular flexibility index (Phi) is 9.09. The van der Waals surface area contributed by atoms with Crippen LogP contribution in [0.15, 0.2) is 53.8 Å². The minimum atomic E-state index is -0.719. The first-order valence-electron chi connectivity index (χ1n) is 11.8. The van der Waals surface area contributed by atoms with E-state index in [2.05, 4.69) is 20.3 Å². The quantitative estimate of drug-likeness (QED) is 0.196. The van der Waals surface area contributed by atoms with E-state index in [1.807, 2.05) is 43.4 Å². The van der Waals surface area contributed by atoms with Crippen molar-refractivity contribution in [1.29, 1.82) is 5.41 Å². The number of aromatic amines is 1. The van der Waals surface area contributed by atoms with Gasteiger partial charge in [-0.2, -0.15) is 0 Å². The Hall–Kier alpha value is -4.54. The van der Waals surface area contributed by atoms with Gasteiger partial charge in [0.25, 0.3) is 11.7 Å². The van der Waals surface area contributed by atoms with E-state index >= 15 is 0 Å². The zero-order valence-corrected chi connectivity index (χ0v) is 21.3. The van der Waals surface area contributed by atoms with Crippen LogP contribution in [-0.4, -0.2) is 83.3 Å². The number of pyridine rings is 1. The molecule has 0 radical (unpaired) electrons. The highest BCUT2D eigenvalue weighted by atomic mass is 16.5. The maximum absolute atomic E-state index is 13.2. The first kappa shape index (κ1) is 27.1. The van der Waals surface area contributed by atoms with Gasteiger partial charge in [-0.25, -0.2) is 9.98 Å². The fraction of sp³-hybridized carbons (Fsp3) is 0.308. The first-order chi connectivity index (χ1) is 17.8. The molecule has 2 amide bonds. The van der Waals surface area contributed by atoms with E-state index in [-0.39, 0.29) is 36.3 Å². The second-order valence-electron chi connectivity index (χ2n) is 8.27. The smallest absolute Gasteiger partial charge is 0.294 e. The number of methoxy groups -OCH3 is 1. The molecule has 0 bridgehead atoms. The van der Waals surface area contributed by atoms with Crippen LogP contribution < -0.4 is 10.1 Å². The molecule has 0 aliphatic heterocycles. The number of nitrogens with one attached hydrogen (secondary N) is 3. The van der Waals surface area contributed by atoms with Gasteiger partial charge < -0.3 is 24.8 Å². The highest BCUT2D eigenvalue weighted by Crippen LogP contribution is 2.32. The summed E-state index contributed by atoms with van der Waals surface area (Å²) >= 11 is 0. The molecule has 11 heteroatoms. The third-order valence-electron chi connectivity index (χ3n) is 5.79. The number of anilines is 1. The van der Waals surface area contributed by atoms with Gasteiger partial charge in [-0.15, -0.1) is 0 Å². The number of Topliss-reactive ketones (excluding diaryl/α,β-unsaturated/α-hetero) is 1. The summed E-state index contributed by atoms with van der Waals surface area (Å²) in [5.41, 5.74) is 0.591. The Labute approximate surface area is 215 Å². The van der Waals surface area contributed by atoms with Crippen molar-refractivity contribution in [1.82, 2.24) is 19.8 Å². The second-order valence-corrected chi connectivity index (χ2v) is 8.27.